The molecule has 1 aromatic carbocycles. The average Bonchev–Trinajstić information content (AvgIpc) is 2.97. The molecule has 0 bridgehead atoms. The van der Waals surface area contributed by atoms with Crippen LogP contribution in [0.15, 0.2) is 24.3 Å². The minimum atomic E-state index is 0.540. The summed E-state index contributed by atoms with van der Waals surface area (Å²) in [5, 5.41) is 3.70. The maximum atomic E-state index is 3.70. The Hall–Kier alpha value is -1.06. The van der Waals surface area contributed by atoms with Crippen LogP contribution < -0.4 is 10.2 Å². The van der Waals surface area contributed by atoms with Crippen LogP contribution in [0.1, 0.15) is 32.3 Å². The molecule has 3 heteroatoms. The second kappa shape index (κ2) is 7.81. The van der Waals surface area contributed by atoms with Crippen molar-refractivity contribution in [2.75, 3.05) is 38.6 Å². The molecular weight excluding hydrogens is 258 g/mol. The smallest absolute Gasteiger partial charge is 0.0366 e. The minimum Gasteiger partial charge on any atom is -0.372 e. The SMILES string of the molecule is CC(C)C(CN(C)C)NCc1ccc(N2CCCC2)cc1. The quantitative estimate of drug-likeness (QED) is 0.832. The Kier molecular flexibility index (Phi) is 6.07. The highest BCUT2D eigenvalue weighted by molar-refractivity contribution is 5.48. The van der Waals surface area contributed by atoms with Gasteiger partial charge in [0.25, 0.3) is 0 Å². The van der Waals surface area contributed by atoms with Crippen LogP contribution in [-0.2, 0) is 6.54 Å². The van der Waals surface area contributed by atoms with Crippen LogP contribution in [-0.4, -0.2) is 44.7 Å². The molecule has 1 unspecified atom stereocenters. The average molecular weight is 289 g/mol. The maximum Gasteiger partial charge on any atom is 0.0366 e. The van der Waals surface area contributed by atoms with Crippen LogP contribution in [0.4, 0.5) is 5.69 Å². The largest absolute Gasteiger partial charge is 0.372 e. The Morgan fingerprint density at radius 3 is 2.24 bits per heavy atom. The standard InChI is InChI=1S/C18H31N3/c1-15(2)18(14-20(3)4)19-13-16-7-9-17(10-8-16)21-11-5-6-12-21/h7-10,15,18-19H,5-6,11-14H2,1-4H3. The maximum absolute atomic E-state index is 3.70. The van der Waals surface area contributed by atoms with E-state index in [1.54, 1.807) is 0 Å². The molecule has 1 saturated heterocycles. The van der Waals surface area contributed by atoms with E-state index in [0.29, 0.717) is 12.0 Å². The van der Waals surface area contributed by atoms with Gasteiger partial charge in [-0.25, -0.2) is 0 Å². The van der Waals surface area contributed by atoms with Crippen LogP contribution >= 0.6 is 0 Å². The summed E-state index contributed by atoms with van der Waals surface area (Å²) in [6.45, 7) is 9.06. The Balaban J connectivity index is 1.87. The first kappa shape index (κ1) is 16.3. The summed E-state index contributed by atoms with van der Waals surface area (Å²) in [4.78, 5) is 4.74. The molecule has 3 nitrogen and oxygen atoms in total. The molecule has 21 heavy (non-hydrogen) atoms. The van der Waals surface area contributed by atoms with Gasteiger partial charge in [-0.3, -0.25) is 0 Å². The minimum absolute atomic E-state index is 0.540. The highest BCUT2D eigenvalue weighted by Gasteiger charge is 2.14. The van der Waals surface area contributed by atoms with Crippen molar-refractivity contribution < 1.29 is 0 Å². The third kappa shape index (κ3) is 5.01. The van der Waals surface area contributed by atoms with Crippen molar-refractivity contribution in [1.82, 2.24) is 10.2 Å². The van der Waals surface area contributed by atoms with Crippen LogP contribution in [0.5, 0.6) is 0 Å². The fourth-order valence-corrected chi connectivity index (χ4v) is 2.95. The first-order chi connectivity index (χ1) is 10.1. The molecular formula is C18H31N3. The van der Waals surface area contributed by atoms with E-state index in [1.807, 2.05) is 0 Å². The van der Waals surface area contributed by atoms with Crippen LogP contribution in [0.25, 0.3) is 0 Å². The highest BCUT2D eigenvalue weighted by atomic mass is 15.1. The molecule has 1 fully saturated rings. The van der Waals surface area contributed by atoms with Gasteiger partial charge in [-0.05, 0) is 50.6 Å². The van der Waals surface area contributed by atoms with Crippen molar-refractivity contribution in [3.63, 3.8) is 0 Å². The zero-order chi connectivity index (χ0) is 15.2. The normalized spacial score (nSPS) is 17.0. The summed E-state index contributed by atoms with van der Waals surface area (Å²) >= 11 is 0. The van der Waals surface area contributed by atoms with Gasteiger partial charge in [0.1, 0.15) is 0 Å². The summed E-state index contributed by atoms with van der Waals surface area (Å²) in [6.07, 6.45) is 2.67. The van der Waals surface area contributed by atoms with Gasteiger partial charge < -0.3 is 15.1 Å². The predicted molar refractivity (Wildman–Crippen MR) is 91.9 cm³/mol. The lowest BCUT2D eigenvalue weighted by atomic mass is 10.0. The third-order valence-corrected chi connectivity index (χ3v) is 4.34. The number of benzene rings is 1. The number of hydrogen-bond acceptors (Lipinski definition) is 3. The lowest BCUT2D eigenvalue weighted by Crippen LogP contribution is -2.41. The number of nitrogens with one attached hydrogen (secondary N) is 1. The van der Waals surface area contributed by atoms with E-state index in [0.717, 1.165) is 13.1 Å². The lowest BCUT2D eigenvalue weighted by molar-refractivity contribution is 0.288. The van der Waals surface area contributed by atoms with Crippen molar-refractivity contribution in [2.24, 2.45) is 5.92 Å². The second-order valence-electron chi connectivity index (χ2n) is 6.85. The van der Waals surface area contributed by atoms with Crippen molar-refractivity contribution >= 4 is 5.69 Å². The van der Waals surface area contributed by atoms with E-state index in [4.69, 9.17) is 0 Å². The summed E-state index contributed by atoms with van der Waals surface area (Å²) in [5.74, 6) is 0.649. The van der Waals surface area contributed by atoms with E-state index in [9.17, 15) is 0 Å². The number of likely N-dealkylation sites (N-methyl/N-ethyl adjacent to an activating group) is 1. The van der Waals surface area contributed by atoms with Gasteiger partial charge in [0.15, 0.2) is 0 Å². The Morgan fingerprint density at radius 2 is 1.71 bits per heavy atom. The molecule has 0 spiro atoms. The lowest BCUT2D eigenvalue weighted by Gasteiger charge is -2.26. The first-order valence-corrected chi connectivity index (χ1v) is 8.28. The molecule has 0 aromatic heterocycles. The highest BCUT2D eigenvalue weighted by Crippen LogP contribution is 2.20. The van der Waals surface area contributed by atoms with E-state index >= 15 is 0 Å². The molecule has 0 aliphatic carbocycles. The number of nitrogens with zero attached hydrogens (tertiary/aromatic N) is 2. The van der Waals surface area contributed by atoms with Crippen LogP contribution in [0.3, 0.4) is 0 Å². The summed E-state index contributed by atoms with van der Waals surface area (Å²) in [7, 11) is 4.28. The predicted octanol–water partition coefficient (Wildman–Crippen LogP) is 2.96. The monoisotopic (exact) mass is 289 g/mol. The van der Waals surface area contributed by atoms with Gasteiger partial charge in [-0.1, -0.05) is 26.0 Å². The van der Waals surface area contributed by atoms with Gasteiger partial charge in [0.05, 0.1) is 0 Å². The fraction of sp³-hybridized carbons (Fsp3) is 0.667. The number of hydrogen-bond donors (Lipinski definition) is 1. The second-order valence-corrected chi connectivity index (χ2v) is 6.85. The van der Waals surface area contributed by atoms with E-state index in [2.05, 4.69) is 67.3 Å². The van der Waals surface area contributed by atoms with E-state index in [-0.39, 0.29) is 0 Å². The Labute approximate surface area is 130 Å². The summed E-state index contributed by atoms with van der Waals surface area (Å²) in [5.41, 5.74) is 2.76. The molecule has 0 amide bonds. The van der Waals surface area contributed by atoms with Crippen LogP contribution in [0.2, 0.25) is 0 Å². The molecule has 2 rings (SSSR count). The molecule has 1 aliphatic rings. The zero-order valence-corrected chi connectivity index (χ0v) is 14.1. The Bertz CT molecular complexity index is 405. The van der Waals surface area contributed by atoms with Gasteiger partial charge in [0.2, 0.25) is 0 Å². The van der Waals surface area contributed by atoms with Crippen molar-refractivity contribution in [3.8, 4) is 0 Å². The molecule has 1 aliphatic heterocycles. The Morgan fingerprint density at radius 1 is 1.10 bits per heavy atom. The zero-order valence-electron chi connectivity index (χ0n) is 14.1. The topological polar surface area (TPSA) is 18.5 Å². The van der Waals surface area contributed by atoms with Crippen molar-refractivity contribution in [3.05, 3.63) is 29.8 Å². The van der Waals surface area contributed by atoms with E-state index in [1.165, 1.54) is 37.2 Å². The van der Waals surface area contributed by atoms with E-state index < -0.39 is 0 Å². The third-order valence-electron chi connectivity index (χ3n) is 4.34. The molecule has 1 aromatic rings. The van der Waals surface area contributed by atoms with Gasteiger partial charge in [0, 0.05) is 37.9 Å². The number of anilines is 1. The molecule has 0 radical (unpaired) electrons. The van der Waals surface area contributed by atoms with Gasteiger partial charge >= 0.3 is 0 Å². The van der Waals surface area contributed by atoms with Gasteiger partial charge in [-0.2, -0.15) is 0 Å². The van der Waals surface area contributed by atoms with Crippen LogP contribution in [0, 0.1) is 5.92 Å². The molecule has 1 N–H and O–H groups in total. The molecule has 0 saturated carbocycles. The summed E-state index contributed by atoms with van der Waals surface area (Å²) < 4.78 is 0. The van der Waals surface area contributed by atoms with Gasteiger partial charge in [-0.15, -0.1) is 0 Å². The van der Waals surface area contributed by atoms with Crippen molar-refractivity contribution in [2.45, 2.75) is 39.3 Å². The fourth-order valence-electron chi connectivity index (χ4n) is 2.95. The molecule has 118 valence electrons. The molecule has 1 atom stereocenters. The molecule has 1 heterocycles. The summed E-state index contributed by atoms with van der Waals surface area (Å²) in [6, 6.07) is 9.64. The first-order valence-electron chi connectivity index (χ1n) is 8.28. The number of rotatable bonds is 7. The van der Waals surface area contributed by atoms with Crippen molar-refractivity contribution in [1.29, 1.82) is 0 Å².